The molecule has 3 heteroatoms. The lowest BCUT2D eigenvalue weighted by atomic mass is 9.95. The summed E-state index contributed by atoms with van der Waals surface area (Å²) in [4.78, 5) is 4.42. The van der Waals surface area contributed by atoms with E-state index < -0.39 is 0 Å². The largest absolute Gasteiger partial charge is 0.392 e. The van der Waals surface area contributed by atoms with Crippen LogP contribution in [0.3, 0.4) is 0 Å². The number of rotatable bonds is 5. The van der Waals surface area contributed by atoms with Gasteiger partial charge in [0.15, 0.2) is 0 Å². The second-order valence-corrected chi connectivity index (χ2v) is 4.88. The fourth-order valence-electron chi connectivity index (χ4n) is 2.54. The SMILES string of the molecule is COC(C)CCC(O)C1CCc2cccnc21. The molecule has 3 atom stereocenters. The molecule has 0 aliphatic heterocycles. The van der Waals surface area contributed by atoms with Gasteiger partial charge in [0.25, 0.3) is 0 Å². The second-order valence-electron chi connectivity index (χ2n) is 4.88. The van der Waals surface area contributed by atoms with E-state index in [1.54, 1.807) is 7.11 Å². The van der Waals surface area contributed by atoms with Crippen LogP contribution in [0.25, 0.3) is 0 Å². The van der Waals surface area contributed by atoms with Crippen molar-refractivity contribution in [2.24, 2.45) is 0 Å². The van der Waals surface area contributed by atoms with E-state index in [-0.39, 0.29) is 18.1 Å². The van der Waals surface area contributed by atoms with Crippen molar-refractivity contribution in [2.75, 3.05) is 7.11 Å². The van der Waals surface area contributed by atoms with Gasteiger partial charge in [-0.15, -0.1) is 0 Å². The summed E-state index contributed by atoms with van der Waals surface area (Å²) >= 11 is 0. The van der Waals surface area contributed by atoms with Gasteiger partial charge in [-0.2, -0.15) is 0 Å². The molecule has 1 N–H and O–H groups in total. The lowest BCUT2D eigenvalue weighted by molar-refractivity contribution is 0.0753. The molecule has 1 aliphatic carbocycles. The number of nitrogens with zero attached hydrogens (tertiary/aromatic N) is 1. The van der Waals surface area contributed by atoms with E-state index in [9.17, 15) is 5.11 Å². The monoisotopic (exact) mass is 235 g/mol. The number of pyridine rings is 1. The number of aliphatic hydroxyl groups excluding tert-OH is 1. The first-order valence-electron chi connectivity index (χ1n) is 6.37. The number of aryl methyl sites for hydroxylation is 1. The molecule has 0 fully saturated rings. The van der Waals surface area contributed by atoms with Crippen LogP contribution in [0.4, 0.5) is 0 Å². The molecule has 0 saturated carbocycles. The minimum Gasteiger partial charge on any atom is -0.392 e. The highest BCUT2D eigenvalue weighted by Gasteiger charge is 2.29. The molecule has 2 rings (SSSR count). The predicted molar refractivity (Wildman–Crippen MR) is 67.0 cm³/mol. The fourth-order valence-corrected chi connectivity index (χ4v) is 2.54. The summed E-state index contributed by atoms with van der Waals surface area (Å²) in [6.07, 6.45) is 5.51. The van der Waals surface area contributed by atoms with Crippen molar-refractivity contribution in [3.63, 3.8) is 0 Å². The van der Waals surface area contributed by atoms with Crippen molar-refractivity contribution < 1.29 is 9.84 Å². The van der Waals surface area contributed by atoms with Crippen molar-refractivity contribution in [3.05, 3.63) is 29.6 Å². The summed E-state index contributed by atoms with van der Waals surface area (Å²) < 4.78 is 5.21. The molecule has 0 amide bonds. The van der Waals surface area contributed by atoms with E-state index in [1.807, 2.05) is 19.2 Å². The average molecular weight is 235 g/mol. The molecular weight excluding hydrogens is 214 g/mol. The number of methoxy groups -OCH3 is 1. The third-order valence-corrected chi connectivity index (χ3v) is 3.74. The zero-order chi connectivity index (χ0) is 12.3. The smallest absolute Gasteiger partial charge is 0.0625 e. The number of hydrogen-bond donors (Lipinski definition) is 1. The first kappa shape index (κ1) is 12.5. The molecule has 1 aliphatic rings. The molecule has 1 aromatic heterocycles. The van der Waals surface area contributed by atoms with Crippen molar-refractivity contribution in [1.82, 2.24) is 4.98 Å². The number of ether oxygens (including phenoxy) is 1. The quantitative estimate of drug-likeness (QED) is 0.851. The highest BCUT2D eigenvalue weighted by atomic mass is 16.5. The van der Waals surface area contributed by atoms with Gasteiger partial charge < -0.3 is 9.84 Å². The summed E-state index contributed by atoms with van der Waals surface area (Å²) in [7, 11) is 1.71. The van der Waals surface area contributed by atoms with Gasteiger partial charge in [-0.05, 0) is 44.2 Å². The zero-order valence-corrected chi connectivity index (χ0v) is 10.6. The molecular formula is C14H21NO2. The molecule has 0 spiro atoms. The van der Waals surface area contributed by atoms with Gasteiger partial charge in [-0.3, -0.25) is 4.98 Å². The van der Waals surface area contributed by atoms with Crippen LogP contribution in [0, 0.1) is 0 Å². The van der Waals surface area contributed by atoms with Crippen molar-refractivity contribution in [2.45, 2.75) is 50.7 Å². The Morgan fingerprint density at radius 3 is 3.12 bits per heavy atom. The van der Waals surface area contributed by atoms with E-state index in [4.69, 9.17) is 4.74 Å². The molecule has 0 saturated heterocycles. The standard InChI is InChI=1S/C14H21NO2/c1-10(17-2)5-8-13(16)12-7-6-11-4-3-9-15-14(11)12/h3-4,9-10,12-13,16H,5-8H2,1-2H3. The van der Waals surface area contributed by atoms with Crippen LogP contribution >= 0.6 is 0 Å². The number of fused-ring (bicyclic) bond motifs is 1. The topological polar surface area (TPSA) is 42.4 Å². The molecule has 0 bridgehead atoms. The van der Waals surface area contributed by atoms with Crippen LogP contribution < -0.4 is 0 Å². The minimum absolute atomic E-state index is 0.217. The molecule has 3 unspecified atom stereocenters. The lowest BCUT2D eigenvalue weighted by Gasteiger charge is -2.19. The van der Waals surface area contributed by atoms with E-state index in [2.05, 4.69) is 11.1 Å². The van der Waals surface area contributed by atoms with Gasteiger partial charge in [0, 0.05) is 24.9 Å². The Morgan fingerprint density at radius 1 is 1.53 bits per heavy atom. The highest BCUT2D eigenvalue weighted by Crippen LogP contribution is 2.35. The van der Waals surface area contributed by atoms with Gasteiger partial charge in [0.1, 0.15) is 0 Å². The Labute approximate surface area is 103 Å². The molecule has 17 heavy (non-hydrogen) atoms. The van der Waals surface area contributed by atoms with Gasteiger partial charge in [0.05, 0.1) is 12.2 Å². The van der Waals surface area contributed by atoms with E-state index >= 15 is 0 Å². The Kier molecular flexibility index (Phi) is 4.13. The van der Waals surface area contributed by atoms with Crippen molar-refractivity contribution >= 4 is 0 Å². The summed E-state index contributed by atoms with van der Waals surface area (Å²) in [6.45, 7) is 2.04. The fraction of sp³-hybridized carbons (Fsp3) is 0.643. The van der Waals surface area contributed by atoms with Crippen LogP contribution in [0.15, 0.2) is 18.3 Å². The number of aromatic nitrogens is 1. The summed E-state index contributed by atoms with van der Waals surface area (Å²) in [5, 5.41) is 10.2. The van der Waals surface area contributed by atoms with Crippen LogP contribution in [-0.4, -0.2) is 29.4 Å². The van der Waals surface area contributed by atoms with Gasteiger partial charge in [-0.1, -0.05) is 6.07 Å². The molecule has 0 aromatic carbocycles. The first-order valence-corrected chi connectivity index (χ1v) is 6.37. The normalized spacial score (nSPS) is 22.2. The molecule has 0 radical (unpaired) electrons. The third-order valence-electron chi connectivity index (χ3n) is 3.74. The van der Waals surface area contributed by atoms with Crippen molar-refractivity contribution in [1.29, 1.82) is 0 Å². The van der Waals surface area contributed by atoms with Crippen LogP contribution in [0.1, 0.15) is 43.4 Å². The summed E-state index contributed by atoms with van der Waals surface area (Å²) in [6, 6.07) is 4.09. The average Bonchev–Trinajstić information content (AvgIpc) is 2.79. The third kappa shape index (κ3) is 2.85. The Bertz CT molecular complexity index is 367. The zero-order valence-electron chi connectivity index (χ0n) is 10.6. The minimum atomic E-state index is -0.288. The van der Waals surface area contributed by atoms with Crippen LogP contribution in [-0.2, 0) is 11.2 Å². The first-order chi connectivity index (χ1) is 8.22. The van der Waals surface area contributed by atoms with E-state index in [1.165, 1.54) is 5.56 Å². The maximum absolute atomic E-state index is 10.2. The second kappa shape index (κ2) is 5.61. The lowest BCUT2D eigenvalue weighted by Crippen LogP contribution is -2.19. The Morgan fingerprint density at radius 2 is 2.35 bits per heavy atom. The van der Waals surface area contributed by atoms with E-state index in [0.717, 1.165) is 31.4 Å². The molecule has 94 valence electrons. The number of aliphatic hydroxyl groups is 1. The van der Waals surface area contributed by atoms with Gasteiger partial charge in [-0.25, -0.2) is 0 Å². The molecule has 1 aromatic rings. The van der Waals surface area contributed by atoms with Crippen LogP contribution in [0.2, 0.25) is 0 Å². The van der Waals surface area contributed by atoms with Gasteiger partial charge >= 0.3 is 0 Å². The van der Waals surface area contributed by atoms with Crippen molar-refractivity contribution in [3.8, 4) is 0 Å². The summed E-state index contributed by atoms with van der Waals surface area (Å²) in [5.74, 6) is 0.218. The predicted octanol–water partition coefficient (Wildman–Crippen LogP) is 2.29. The van der Waals surface area contributed by atoms with Gasteiger partial charge in [0.2, 0.25) is 0 Å². The Balaban J connectivity index is 1.95. The van der Waals surface area contributed by atoms with Crippen LogP contribution in [0.5, 0.6) is 0 Å². The summed E-state index contributed by atoms with van der Waals surface area (Å²) in [5.41, 5.74) is 2.40. The molecule has 1 heterocycles. The maximum atomic E-state index is 10.2. The Hall–Kier alpha value is -0.930. The maximum Gasteiger partial charge on any atom is 0.0625 e. The van der Waals surface area contributed by atoms with E-state index in [0.29, 0.717) is 0 Å². The number of hydrogen-bond acceptors (Lipinski definition) is 3. The molecule has 3 nitrogen and oxygen atoms in total. The highest BCUT2D eigenvalue weighted by molar-refractivity contribution is 5.29.